The van der Waals surface area contributed by atoms with Crippen LogP contribution in [0.4, 0.5) is 4.79 Å². The van der Waals surface area contributed by atoms with Crippen molar-refractivity contribution in [2.45, 2.75) is 118 Å². The fourth-order valence-electron chi connectivity index (χ4n) is 7.05. The fourth-order valence-corrected chi connectivity index (χ4v) is 7.05. The van der Waals surface area contributed by atoms with E-state index in [9.17, 15) is 28.8 Å². The molecule has 0 radical (unpaired) electrons. The predicted molar refractivity (Wildman–Crippen MR) is 188 cm³/mol. The summed E-state index contributed by atoms with van der Waals surface area (Å²) >= 11 is 0. The van der Waals surface area contributed by atoms with E-state index in [1.807, 2.05) is 85.7 Å². The van der Waals surface area contributed by atoms with Gasteiger partial charge in [-0.15, -0.1) is 0 Å². The molecular weight excluding hydrogens is 638 g/mol. The highest BCUT2D eigenvalue weighted by molar-refractivity contribution is 6.37. The number of carbonyl (C=O) groups excluding carboxylic acids is 6. The van der Waals surface area contributed by atoms with Crippen LogP contribution < -0.4 is 21.7 Å². The second kappa shape index (κ2) is 14.9. The number of esters is 1. The van der Waals surface area contributed by atoms with Crippen LogP contribution in [0.1, 0.15) is 99.7 Å². The number of allylic oxidation sites excluding steroid dienone is 1. The van der Waals surface area contributed by atoms with Crippen molar-refractivity contribution in [1.29, 1.82) is 0 Å². The van der Waals surface area contributed by atoms with Gasteiger partial charge in [-0.3, -0.25) is 19.2 Å². The molecule has 1 aromatic carbocycles. The van der Waals surface area contributed by atoms with Crippen LogP contribution in [-0.4, -0.2) is 71.1 Å². The molecule has 3 aliphatic rings. The smallest absolute Gasteiger partial charge is 0.329 e. The minimum atomic E-state index is -1.11. The van der Waals surface area contributed by atoms with E-state index in [0.717, 1.165) is 36.0 Å². The standard InChI is InChI=1S/C38H55N5O7/c1-20(2)25-18-24-19-43(28(27(24)25)33(46)40-26(17-22-15-16-22)29(44)32(39)45)34(47)30(37(4,5)6)41-36(49)42-31(38(7,8)9)35(48)50-21(3)23-13-11-10-12-14-23/h10-14,21-22,24,26-28,30-31H,15-19H2,1-9H3,(H2,39,45)(H,40,46)(H2,41,42,49)/t21-,24-,26?,27?,28-,30+,31+/m0/s1. The minimum absolute atomic E-state index is 0.0226. The van der Waals surface area contributed by atoms with E-state index >= 15 is 0 Å². The van der Waals surface area contributed by atoms with Crippen molar-refractivity contribution in [3.63, 3.8) is 0 Å². The molecule has 1 aliphatic heterocycles. The zero-order valence-corrected chi connectivity index (χ0v) is 30.9. The summed E-state index contributed by atoms with van der Waals surface area (Å²) in [5.41, 5.74) is 6.76. The third-order valence-electron chi connectivity index (χ3n) is 10.2. The number of hydrogen-bond donors (Lipinski definition) is 4. The molecule has 274 valence electrons. The quantitative estimate of drug-likeness (QED) is 0.146. The molecule has 12 heteroatoms. The van der Waals surface area contributed by atoms with Gasteiger partial charge in [-0.25, -0.2) is 9.59 Å². The number of ketones is 1. The number of hydrogen-bond acceptors (Lipinski definition) is 7. The zero-order chi connectivity index (χ0) is 37.3. The van der Waals surface area contributed by atoms with Crippen LogP contribution in [0.15, 0.2) is 41.5 Å². The Bertz CT molecular complexity index is 1520. The summed E-state index contributed by atoms with van der Waals surface area (Å²) in [5, 5.41) is 8.36. The van der Waals surface area contributed by atoms with Gasteiger partial charge in [0.05, 0.1) is 6.04 Å². The summed E-state index contributed by atoms with van der Waals surface area (Å²) in [4.78, 5) is 81.8. The number of amides is 5. The van der Waals surface area contributed by atoms with E-state index in [0.29, 0.717) is 13.0 Å². The first-order chi connectivity index (χ1) is 23.2. The van der Waals surface area contributed by atoms with Crippen molar-refractivity contribution in [1.82, 2.24) is 20.9 Å². The van der Waals surface area contributed by atoms with Gasteiger partial charge in [0.2, 0.25) is 17.6 Å². The average molecular weight is 694 g/mol. The van der Waals surface area contributed by atoms with Crippen molar-refractivity contribution in [3.05, 3.63) is 47.0 Å². The van der Waals surface area contributed by atoms with Crippen molar-refractivity contribution in [2.24, 2.45) is 34.3 Å². The fraction of sp³-hybridized carbons (Fsp3) is 0.632. The Hall–Kier alpha value is -4.22. The molecule has 2 aliphatic carbocycles. The number of ether oxygens (including phenoxy) is 1. The van der Waals surface area contributed by atoms with Gasteiger partial charge in [0.1, 0.15) is 24.2 Å². The van der Waals surface area contributed by atoms with E-state index in [1.165, 1.54) is 4.90 Å². The Labute approximate surface area is 295 Å². The van der Waals surface area contributed by atoms with Gasteiger partial charge >= 0.3 is 12.0 Å². The number of benzene rings is 1. The molecule has 12 nitrogen and oxygen atoms in total. The maximum Gasteiger partial charge on any atom is 0.329 e. The second-order valence-electron chi connectivity index (χ2n) is 16.6. The van der Waals surface area contributed by atoms with Crippen molar-refractivity contribution in [2.75, 3.05) is 6.54 Å². The SMILES string of the molecule is CC(C)=C1C[C@H]2CN(C(=O)[C@@H](NC(=O)N[C@H](C(=O)O[C@@H](C)c3ccccc3)C(C)(C)C)C(C)(C)C)[C@H](C(=O)NC(CC3CC3)C(=O)C(N)=O)C12. The zero-order valence-electron chi connectivity index (χ0n) is 30.9. The molecule has 2 saturated carbocycles. The van der Waals surface area contributed by atoms with Crippen LogP contribution in [0, 0.1) is 28.6 Å². The monoisotopic (exact) mass is 693 g/mol. The van der Waals surface area contributed by atoms with Gasteiger partial charge in [-0.1, -0.05) is 95.9 Å². The number of nitrogens with zero attached hydrogens (tertiary/aromatic N) is 1. The number of likely N-dealkylation sites (tertiary alicyclic amines) is 1. The molecule has 1 aromatic rings. The van der Waals surface area contributed by atoms with E-state index in [1.54, 1.807) is 6.92 Å². The van der Waals surface area contributed by atoms with E-state index in [-0.39, 0.29) is 17.8 Å². The molecule has 1 heterocycles. The molecular formula is C38H55N5O7. The molecule has 5 amide bonds. The lowest BCUT2D eigenvalue weighted by molar-refractivity contribution is -0.153. The topological polar surface area (TPSA) is 177 Å². The predicted octanol–water partition coefficient (Wildman–Crippen LogP) is 3.94. The van der Waals surface area contributed by atoms with Gasteiger partial charge in [0.15, 0.2) is 0 Å². The van der Waals surface area contributed by atoms with Crippen LogP contribution in [0.25, 0.3) is 0 Å². The Balaban J connectivity index is 1.56. The highest BCUT2D eigenvalue weighted by Gasteiger charge is 2.56. The Morgan fingerprint density at radius 3 is 2.00 bits per heavy atom. The molecule has 0 bridgehead atoms. The first-order valence-corrected chi connectivity index (χ1v) is 17.6. The lowest BCUT2D eigenvalue weighted by Gasteiger charge is -2.39. The third-order valence-corrected chi connectivity index (χ3v) is 10.2. The van der Waals surface area contributed by atoms with Crippen LogP contribution in [0.5, 0.6) is 0 Å². The van der Waals surface area contributed by atoms with Gasteiger partial charge in [0, 0.05) is 12.5 Å². The van der Waals surface area contributed by atoms with E-state index < -0.39 is 76.6 Å². The first-order valence-electron chi connectivity index (χ1n) is 17.6. The number of nitrogens with one attached hydrogen (secondary N) is 3. The Kier molecular flexibility index (Phi) is 11.5. The normalized spacial score (nSPS) is 22.5. The van der Waals surface area contributed by atoms with E-state index in [4.69, 9.17) is 10.5 Å². The summed E-state index contributed by atoms with van der Waals surface area (Å²) in [7, 11) is 0. The Morgan fingerprint density at radius 1 is 0.900 bits per heavy atom. The van der Waals surface area contributed by atoms with Gasteiger partial charge in [-0.2, -0.15) is 0 Å². The molecule has 0 spiro atoms. The van der Waals surface area contributed by atoms with Crippen LogP contribution in [0.2, 0.25) is 0 Å². The summed E-state index contributed by atoms with van der Waals surface area (Å²) in [6.07, 6.45) is 2.30. The van der Waals surface area contributed by atoms with Crippen molar-refractivity contribution >= 4 is 35.5 Å². The summed E-state index contributed by atoms with van der Waals surface area (Å²) in [6, 6.07) is 4.40. The largest absolute Gasteiger partial charge is 0.456 e. The summed E-state index contributed by atoms with van der Waals surface area (Å²) in [6.45, 7) is 16.8. The highest BCUT2D eigenvalue weighted by atomic mass is 16.5. The Morgan fingerprint density at radius 2 is 1.48 bits per heavy atom. The first kappa shape index (κ1) is 38.6. The molecule has 3 fully saturated rings. The van der Waals surface area contributed by atoms with Crippen LogP contribution in [0.3, 0.4) is 0 Å². The molecule has 2 unspecified atom stereocenters. The maximum atomic E-state index is 14.5. The molecule has 7 atom stereocenters. The number of urea groups is 1. The number of fused-ring (bicyclic) bond motifs is 1. The van der Waals surface area contributed by atoms with Crippen LogP contribution >= 0.6 is 0 Å². The number of carbonyl (C=O) groups is 6. The minimum Gasteiger partial charge on any atom is -0.456 e. The number of nitrogens with two attached hydrogens (primary N) is 1. The second-order valence-corrected chi connectivity index (χ2v) is 16.6. The van der Waals surface area contributed by atoms with Gasteiger partial charge in [-0.05, 0) is 61.8 Å². The average Bonchev–Trinajstić information content (AvgIpc) is 3.78. The lowest BCUT2D eigenvalue weighted by Crippen LogP contribution is -2.62. The van der Waals surface area contributed by atoms with Gasteiger partial charge in [0.25, 0.3) is 5.91 Å². The number of primary amides is 1. The molecule has 0 aromatic heterocycles. The van der Waals surface area contributed by atoms with Crippen LogP contribution in [-0.2, 0) is 28.7 Å². The van der Waals surface area contributed by atoms with Crippen molar-refractivity contribution < 1.29 is 33.5 Å². The third kappa shape index (κ3) is 8.92. The lowest BCUT2D eigenvalue weighted by atomic mass is 9.67. The summed E-state index contributed by atoms with van der Waals surface area (Å²) in [5.74, 6) is -3.58. The summed E-state index contributed by atoms with van der Waals surface area (Å²) < 4.78 is 5.76. The molecule has 1 saturated heterocycles. The van der Waals surface area contributed by atoms with E-state index in [2.05, 4.69) is 16.0 Å². The number of rotatable bonds is 12. The molecule has 4 rings (SSSR count). The molecule has 50 heavy (non-hydrogen) atoms. The number of Topliss-reactive ketones (excluding diaryl/α,β-unsaturated/α-hetero) is 1. The maximum absolute atomic E-state index is 14.5. The van der Waals surface area contributed by atoms with Gasteiger partial charge < -0.3 is 31.3 Å². The van der Waals surface area contributed by atoms with Crippen molar-refractivity contribution in [3.8, 4) is 0 Å². The highest BCUT2D eigenvalue weighted by Crippen LogP contribution is 2.51. The molecule has 5 N–H and O–H groups in total.